The molecule has 0 radical (unpaired) electrons. The molecule has 2 N–H and O–H groups in total. The standard InChI is InChI=1S/C13H18N2O/c1-2-15(8-9-16)10-11-4-3-5-13-12(11)6-7-14-13/h3-7,14,16H,2,8-10H2,1H3. The van der Waals surface area contributed by atoms with Crippen molar-refractivity contribution in [1.82, 2.24) is 9.88 Å². The van der Waals surface area contributed by atoms with Gasteiger partial charge in [0.1, 0.15) is 0 Å². The van der Waals surface area contributed by atoms with Crippen LogP contribution in [0.2, 0.25) is 0 Å². The maximum absolute atomic E-state index is 8.97. The maximum Gasteiger partial charge on any atom is 0.0558 e. The Balaban J connectivity index is 2.22. The van der Waals surface area contributed by atoms with Gasteiger partial charge >= 0.3 is 0 Å². The zero-order chi connectivity index (χ0) is 11.4. The van der Waals surface area contributed by atoms with Crippen LogP contribution in [0, 0.1) is 0 Å². The number of aliphatic hydroxyl groups excluding tert-OH is 1. The monoisotopic (exact) mass is 218 g/mol. The Bertz CT molecular complexity index is 450. The second-order valence-corrected chi connectivity index (χ2v) is 3.95. The van der Waals surface area contributed by atoms with Crippen molar-refractivity contribution in [3.8, 4) is 0 Å². The SMILES string of the molecule is CCN(CCO)Cc1cccc2[nH]ccc12. The van der Waals surface area contributed by atoms with Crippen molar-refractivity contribution < 1.29 is 5.11 Å². The van der Waals surface area contributed by atoms with E-state index in [1.807, 2.05) is 6.20 Å². The highest BCUT2D eigenvalue weighted by atomic mass is 16.3. The molecule has 86 valence electrons. The van der Waals surface area contributed by atoms with Crippen LogP contribution < -0.4 is 0 Å². The largest absolute Gasteiger partial charge is 0.395 e. The molecule has 0 saturated carbocycles. The lowest BCUT2D eigenvalue weighted by molar-refractivity contribution is 0.197. The molecule has 0 aliphatic carbocycles. The number of nitrogens with zero attached hydrogens (tertiary/aromatic N) is 1. The second-order valence-electron chi connectivity index (χ2n) is 3.95. The van der Waals surface area contributed by atoms with Crippen molar-refractivity contribution in [2.75, 3.05) is 19.7 Å². The van der Waals surface area contributed by atoms with Crippen LogP contribution in [-0.2, 0) is 6.54 Å². The van der Waals surface area contributed by atoms with Gasteiger partial charge in [-0.15, -0.1) is 0 Å². The van der Waals surface area contributed by atoms with E-state index in [-0.39, 0.29) is 6.61 Å². The van der Waals surface area contributed by atoms with Crippen molar-refractivity contribution in [2.24, 2.45) is 0 Å². The molecule has 0 atom stereocenters. The molecule has 0 fully saturated rings. The number of hydrogen-bond acceptors (Lipinski definition) is 2. The Morgan fingerprint density at radius 3 is 2.94 bits per heavy atom. The van der Waals surface area contributed by atoms with Crippen LogP contribution in [0.5, 0.6) is 0 Å². The molecule has 0 saturated heterocycles. The first-order chi connectivity index (χ1) is 7.85. The summed E-state index contributed by atoms with van der Waals surface area (Å²) in [5.74, 6) is 0. The smallest absolute Gasteiger partial charge is 0.0558 e. The summed E-state index contributed by atoms with van der Waals surface area (Å²) in [5, 5.41) is 10.2. The molecule has 16 heavy (non-hydrogen) atoms. The number of hydrogen-bond donors (Lipinski definition) is 2. The third kappa shape index (κ3) is 2.26. The van der Waals surface area contributed by atoms with Crippen LogP contribution >= 0.6 is 0 Å². The van der Waals surface area contributed by atoms with Crippen LogP contribution in [0.25, 0.3) is 10.9 Å². The molecule has 1 heterocycles. The Hall–Kier alpha value is -1.32. The Labute approximate surface area is 95.7 Å². The highest BCUT2D eigenvalue weighted by molar-refractivity contribution is 5.82. The quantitative estimate of drug-likeness (QED) is 0.805. The van der Waals surface area contributed by atoms with E-state index in [9.17, 15) is 0 Å². The minimum Gasteiger partial charge on any atom is -0.395 e. The van der Waals surface area contributed by atoms with E-state index < -0.39 is 0 Å². The van der Waals surface area contributed by atoms with E-state index in [1.165, 1.54) is 16.5 Å². The van der Waals surface area contributed by atoms with Gasteiger partial charge in [0.2, 0.25) is 0 Å². The van der Waals surface area contributed by atoms with E-state index in [0.29, 0.717) is 0 Å². The minimum atomic E-state index is 0.219. The summed E-state index contributed by atoms with van der Waals surface area (Å²) in [6, 6.07) is 8.41. The van der Waals surface area contributed by atoms with Crippen molar-refractivity contribution in [2.45, 2.75) is 13.5 Å². The molecule has 1 aromatic carbocycles. The molecule has 0 spiro atoms. The van der Waals surface area contributed by atoms with Gasteiger partial charge in [0, 0.05) is 30.2 Å². The van der Waals surface area contributed by atoms with Gasteiger partial charge in [0.05, 0.1) is 6.61 Å². The fraction of sp³-hybridized carbons (Fsp3) is 0.385. The summed E-state index contributed by atoms with van der Waals surface area (Å²) < 4.78 is 0. The molecule has 0 amide bonds. The summed E-state index contributed by atoms with van der Waals surface area (Å²) in [6.45, 7) is 4.93. The molecule has 0 aliphatic rings. The Morgan fingerprint density at radius 2 is 2.19 bits per heavy atom. The van der Waals surface area contributed by atoms with Gasteiger partial charge in [-0.1, -0.05) is 19.1 Å². The Kier molecular flexibility index (Phi) is 3.59. The molecular formula is C13H18N2O. The highest BCUT2D eigenvalue weighted by Crippen LogP contribution is 2.18. The van der Waals surface area contributed by atoms with Crippen LogP contribution in [0.1, 0.15) is 12.5 Å². The van der Waals surface area contributed by atoms with Gasteiger partial charge in [-0.05, 0) is 24.2 Å². The number of benzene rings is 1. The number of likely N-dealkylation sites (N-methyl/N-ethyl adjacent to an activating group) is 1. The van der Waals surface area contributed by atoms with E-state index in [0.717, 1.165) is 19.6 Å². The predicted molar refractivity (Wildman–Crippen MR) is 66.3 cm³/mol. The van der Waals surface area contributed by atoms with Crippen molar-refractivity contribution in [3.63, 3.8) is 0 Å². The number of aromatic nitrogens is 1. The molecule has 0 bridgehead atoms. The first kappa shape index (κ1) is 11.2. The normalized spacial score (nSPS) is 11.4. The van der Waals surface area contributed by atoms with E-state index in [2.05, 4.69) is 41.1 Å². The van der Waals surface area contributed by atoms with Crippen LogP contribution in [0.15, 0.2) is 30.5 Å². The number of H-pyrrole nitrogens is 1. The molecular weight excluding hydrogens is 200 g/mol. The van der Waals surface area contributed by atoms with Gasteiger partial charge < -0.3 is 10.1 Å². The number of fused-ring (bicyclic) bond motifs is 1. The molecule has 3 heteroatoms. The number of aromatic amines is 1. The fourth-order valence-corrected chi connectivity index (χ4v) is 2.02. The lowest BCUT2D eigenvalue weighted by Crippen LogP contribution is -2.26. The maximum atomic E-state index is 8.97. The Morgan fingerprint density at radius 1 is 1.31 bits per heavy atom. The van der Waals surface area contributed by atoms with Crippen molar-refractivity contribution >= 4 is 10.9 Å². The molecule has 2 aromatic rings. The van der Waals surface area contributed by atoms with E-state index in [4.69, 9.17) is 5.11 Å². The van der Waals surface area contributed by atoms with Gasteiger partial charge in [0.25, 0.3) is 0 Å². The molecule has 1 aromatic heterocycles. The summed E-state index contributed by atoms with van der Waals surface area (Å²) in [5.41, 5.74) is 2.49. The van der Waals surface area contributed by atoms with Gasteiger partial charge in [0.15, 0.2) is 0 Å². The number of aliphatic hydroxyl groups is 1. The molecule has 0 unspecified atom stereocenters. The first-order valence-corrected chi connectivity index (χ1v) is 5.73. The van der Waals surface area contributed by atoms with Gasteiger partial charge in [-0.3, -0.25) is 4.90 Å². The third-order valence-electron chi connectivity index (χ3n) is 2.94. The second kappa shape index (κ2) is 5.14. The van der Waals surface area contributed by atoms with Crippen LogP contribution in [0.3, 0.4) is 0 Å². The predicted octanol–water partition coefficient (Wildman–Crippen LogP) is 1.98. The van der Waals surface area contributed by atoms with Crippen molar-refractivity contribution in [1.29, 1.82) is 0 Å². The number of rotatable bonds is 5. The highest BCUT2D eigenvalue weighted by Gasteiger charge is 2.06. The summed E-state index contributed by atoms with van der Waals surface area (Å²) in [4.78, 5) is 5.45. The van der Waals surface area contributed by atoms with Crippen LogP contribution in [0.4, 0.5) is 0 Å². The van der Waals surface area contributed by atoms with Gasteiger partial charge in [-0.25, -0.2) is 0 Å². The molecule has 2 rings (SSSR count). The summed E-state index contributed by atoms with van der Waals surface area (Å²) in [6.07, 6.45) is 1.97. The van der Waals surface area contributed by atoms with Gasteiger partial charge in [-0.2, -0.15) is 0 Å². The number of nitrogens with one attached hydrogen (secondary N) is 1. The zero-order valence-electron chi connectivity index (χ0n) is 9.61. The van der Waals surface area contributed by atoms with E-state index in [1.54, 1.807) is 0 Å². The summed E-state index contributed by atoms with van der Waals surface area (Å²) in [7, 11) is 0. The average molecular weight is 218 g/mol. The molecule has 0 aliphatic heterocycles. The van der Waals surface area contributed by atoms with Crippen LogP contribution in [-0.4, -0.2) is 34.7 Å². The topological polar surface area (TPSA) is 39.3 Å². The van der Waals surface area contributed by atoms with E-state index >= 15 is 0 Å². The average Bonchev–Trinajstić information content (AvgIpc) is 2.77. The van der Waals surface area contributed by atoms with Crippen molar-refractivity contribution in [3.05, 3.63) is 36.0 Å². The lowest BCUT2D eigenvalue weighted by Gasteiger charge is -2.19. The lowest BCUT2D eigenvalue weighted by atomic mass is 10.1. The first-order valence-electron chi connectivity index (χ1n) is 5.73. The zero-order valence-corrected chi connectivity index (χ0v) is 9.61. The summed E-state index contributed by atoms with van der Waals surface area (Å²) >= 11 is 0. The molecule has 3 nitrogen and oxygen atoms in total. The fourth-order valence-electron chi connectivity index (χ4n) is 2.02. The minimum absolute atomic E-state index is 0.219. The third-order valence-corrected chi connectivity index (χ3v) is 2.94.